The van der Waals surface area contributed by atoms with Gasteiger partial charge >= 0.3 is 0 Å². The molecule has 0 saturated carbocycles. The van der Waals surface area contributed by atoms with E-state index in [1.165, 1.54) is 79.7 Å². The molecule has 2 aliphatic rings. The zero-order valence-electron chi connectivity index (χ0n) is 64.6. The van der Waals surface area contributed by atoms with Crippen LogP contribution in [0.3, 0.4) is 0 Å². The molecule has 0 saturated heterocycles. The van der Waals surface area contributed by atoms with E-state index < -0.39 is 16.1 Å². The molecule has 21 rings (SSSR count). The molecule has 546 valence electrons. The number of pyridine rings is 1. The summed E-state index contributed by atoms with van der Waals surface area (Å²) in [6.07, 6.45) is 0. The molecule has 0 aliphatic carbocycles. The lowest BCUT2D eigenvalue weighted by Crippen LogP contribution is -2.75. The third-order valence-electron chi connectivity index (χ3n) is 24.5. The van der Waals surface area contributed by atoms with Gasteiger partial charge in [0.2, 0.25) is 5.69 Å². The predicted molar refractivity (Wildman–Crippen MR) is 495 cm³/mol. The molecule has 4 nitrogen and oxygen atoms in total. The van der Waals surface area contributed by atoms with Gasteiger partial charge in [-0.1, -0.05) is 364 Å². The van der Waals surface area contributed by atoms with Crippen LogP contribution in [0, 0.1) is 13.8 Å². The van der Waals surface area contributed by atoms with Crippen LogP contribution in [0.2, 0.25) is 0 Å². The SMILES string of the molecule is Cc1cc(-n2c3ccccc3c3ccccc32)cc(C)[n+]1-c1cc2c3c(c1)N(c1cc(-c4ccccc4)cc(-c4ccccc4)c1)c1cc([Si](c4ccccc4)(c4ccccc4)c4ccccc4)ccc1B3c1ccc([Si](c3ccccc3)(c3ccccc3)c3ccccc3)cc1N2c1cc(-c2ccccc2)cc(-c2ccccc2)c1. The summed E-state index contributed by atoms with van der Waals surface area (Å²) in [5.74, 6) is 0. The molecule has 17 aromatic carbocycles. The lowest BCUT2D eigenvalue weighted by atomic mass is 9.33. The molecular weight excluding hydrogens is 1430 g/mol. The first-order valence-electron chi connectivity index (χ1n) is 40.3. The molecule has 2 aliphatic heterocycles. The Morgan fingerprint density at radius 1 is 0.224 bits per heavy atom. The Bertz CT molecular complexity index is 6180. The predicted octanol–water partition coefficient (Wildman–Crippen LogP) is 19.2. The molecule has 116 heavy (non-hydrogen) atoms. The Morgan fingerprint density at radius 3 is 0.802 bits per heavy atom. The Morgan fingerprint density at radius 2 is 0.500 bits per heavy atom. The van der Waals surface area contributed by atoms with Crippen LogP contribution in [0.25, 0.3) is 77.7 Å². The highest BCUT2D eigenvalue weighted by molar-refractivity contribution is 7.20. The Hall–Kier alpha value is -14.2. The summed E-state index contributed by atoms with van der Waals surface area (Å²) in [6, 6.07) is 170. The summed E-state index contributed by atoms with van der Waals surface area (Å²) in [4.78, 5) is 5.39. The number of hydrogen-bond acceptors (Lipinski definition) is 2. The minimum Gasteiger partial charge on any atom is -0.311 e. The number of aromatic nitrogens is 2. The van der Waals surface area contributed by atoms with E-state index in [2.05, 4.69) is 482 Å². The molecule has 2 aromatic heterocycles. The molecule has 0 radical (unpaired) electrons. The van der Waals surface area contributed by atoms with Crippen molar-refractivity contribution in [3.8, 4) is 55.9 Å². The lowest BCUT2D eigenvalue weighted by Gasteiger charge is -2.45. The molecule has 0 atom stereocenters. The summed E-state index contributed by atoms with van der Waals surface area (Å²) in [6.45, 7) is 4.33. The van der Waals surface area contributed by atoms with E-state index in [9.17, 15) is 0 Å². The number of nitrogens with zero attached hydrogens (tertiary/aromatic N) is 4. The van der Waals surface area contributed by atoms with Crippen LogP contribution in [0.1, 0.15) is 11.4 Å². The Balaban J connectivity index is 0.935. The highest BCUT2D eigenvalue weighted by atomic mass is 28.3. The summed E-state index contributed by atoms with van der Waals surface area (Å²) in [5.41, 5.74) is 26.1. The van der Waals surface area contributed by atoms with Crippen LogP contribution < -0.4 is 72.2 Å². The number of aryl methyl sites for hydroxylation is 2. The first kappa shape index (κ1) is 69.7. The van der Waals surface area contributed by atoms with Gasteiger partial charge in [-0.2, -0.15) is 4.57 Å². The van der Waals surface area contributed by atoms with Crippen LogP contribution >= 0.6 is 0 Å². The van der Waals surface area contributed by atoms with Gasteiger partial charge in [-0.15, -0.1) is 0 Å². The van der Waals surface area contributed by atoms with Gasteiger partial charge in [0, 0.05) is 71.6 Å². The van der Waals surface area contributed by atoms with Crippen molar-refractivity contribution in [3.63, 3.8) is 0 Å². The van der Waals surface area contributed by atoms with Gasteiger partial charge in [0.15, 0.2) is 27.5 Å². The average molecular weight is 1510 g/mol. The second kappa shape index (κ2) is 29.1. The van der Waals surface area contributed by atoms with E-state index in [1.54, 1.807) is 0 Å². The van der Waals surface area contributed by atoms with Gasteiger partial charge in [0.05, 0.1) is 28.1 Å². The second-order valence-corrected chi connectivity index (χ2v) is 38.6. The Labute approximate surface area is 680 Å². The van der Waals surface area contributed by atoms with Crippen molar-refractivity contribution in [1.29, 1.82) is 0 Å². The molecule has 0 N–H and O–H groups in total. The van der Waals surface area contributed by atoms with Crippen molar-refractivity contribution in [2.24, 2.45) is 0 Å². The normalized spacial score (nSPS) is 12.3. The van der Waals surface area contributed by atoms with E-state index in [0.29, 0.717) is 0 Å². The molecule has 19 aromatic rings. The van der Waals surface area contributed by atoms with Crippen molar-refractivity contribution in [2.45, 2.75) is 13.8 Å². The zero-order chi connectivity index (χ0) is 77.3. The van der Waals surface area contributed by atoms with Gasteiger partial charge in [-0.25, -0.2) is 0 Å². The molecule has 0 amide bonds. The zero-order valence-corrected chi connectivity index (χ0v) is 66.6. The van der Waals surface area contributed by atoms with Crippen molar-refractivity contribution in [2.75, 3.05) is 9.80 Å². The first-order chi connectivity index (χ1) is 57.4. The van der Waals surface area contributed by atoms with Crippen molar-refractivity contribution < 1.29 is 4.57 Å². The number of fused-ring (bicyclic) bond motifs is 7. The molecule has 0 spiro atoms. The monoisotopic (exact) mass is 1510 g/mol. The fraction of sp³-hybridized carbons (Fsp3) is 0.0183. The van der Waals surface area contributed by atoms with Gasteiger partial charge in [0.25, 0.3) is 6.71 Å². The molecule has 0 unspecified atom stereocenters. The van der Waals surface area contributed by atoms with Crippen LogP contribution in [0.5, 0.6) is 0 Å². The maximum atomic E-state index is 2.69. The van der Waals surface area contributed by atoms with E-state index in [-0.39, 0.29) is 6.71 Å². The summed E-state index contributed by atoms with van der Waals surface area (Å²) >= 11 is 0. The summed E-state index contributed by atoms with van der Waals surface area (Å²) in [7, 11) is -6.47. The lowest BCUT2D eigenvalue weighted by molar-refractivity contribution is -0.609. The highest BCUT2D eigenvalue weighted by Gasteiger charge is 2.50. The second-order valence-electron chi connectivity index (χ2n) is 30.9. The van der Waals surface area contributed by atoms with Gasteiger partial charge in [-0.3, -0.25) is 0 Å². The fourth-order valence-electron chi connectivity index (χ4n) is 19.5. The number of hydrogen-bond donors (Lipinski definition) is 0. The minimum absolute atomic E-state index is 0.293. The summed E-state index contributed by atoms with van der Waals surface area (Å²) in [5, 5.41) is 12.9. The molecule has 0 bridgehead atoms. The minimum atomic E-state index is -3.23. The first-order valence-corrected chi connectivity index (χ1v) is 44.3. The maximum absolute atomic E-state index is 3.23. The van der Waals surface area contributed by atoms with Crippen molar-refractivity contribution >= 4 is 137 Å². The smallest absolute Gasteiger partial charge is 0.252 e. The number of rotatable bonds is 16. The number of benzene rings is 17. The molecule has 0 fully saturated rings. The van der Waals surface area contributed by atoms with E-state index >= 15 is 0 Å². The standard InChI is InChI=1S/C109H80BN4Si2/c1-77-65-87(112-103-59-35-33-57-99(103)100-58-34-36-60-104(100)112)66-78(2)111(77)90-73-107-109-108(74-90)114(89-71-85(81-41-17-5-18-42-81)68-86(72-89)82-43-19-6-20-44-82)106-76-98(116(94-51-27-10-28-52-94,95-53-29-11-30-54-95)96-55-31-12-32-56-96)62-64-102(106)110(109)101-63-61-97(115(91-45-21-7-22-46-91,92-47-23-8-24-48-92)93-49-25-9-26-50-93)75-105(101)113(107)88-69-83(79-37-13-3-14-38-79)67-84(70-88)80-39-15-4-16-40-80/h3-76H,1-2H3/q+1. The molecular formula is C109H80BN4Si2+. The van der Waals surface area contributed by atoms with Crippen molar-refractivity contribution in [3.05, 3.63) is 460 Å². The maximum Gasteiger partial charge on any atom is 0.252 e. The van der Waals surface area contributed by atoms with Gasteiger partial charge < -0.3 is 14.4 Å². The van der Waals surface area contributed by atoms with Crippen LogP contribution in [0.4, 0.5) is 34.1 Å². The van der Waals surface area contributed by atoms with Gasteiger partial charge in [0.1, 0.15) is 0 Å². The third kappa shape index (κ3) is 11.6. The molecule has 7 heteroatoms. The average Bonchev–Trinajstić information content (AvgIpc) is 0.815. The van der Waals surface area contributed by atoms with Crippen molar-refractivity contribution in [1.82, 2.24) is 4.57 Å². The van der Waals surface area contributed by atoms with E-state index in [1.807, 2.05) is 0 Å². The highest BCUT2D eigenvalue weighted by Crippen LogP contribution is 2.48. The Kier molecular flexibility index (Phi) is 17.5. The third-order valence-corrected chi connectivity index (χ3v) is 34.0. The van der Waals surface area contributed by atoms with E-state index in [0.717, 1.165) is 101 Å². The topological polar surface area (TPSA) is 15.3 Å². The van der Waals surface area contributed by atoms with E-state index in [4.69, 9.17) is 0 Å². The quantitative estimate of drug-likeness (QED) is 0.0544. The number of anilines is 6. The largest absolute Gasteiger partial charge is 0.311 e. The van der Waals surface area contributed by atoms with Crippen LogP contribution in [-0.2, 0) is 0 Å². The number of para-hydroxylation sites is 2. The van der Waals surface area contributed by atoms with Gasteiger partial charge in [-0.05, 0) is 163 Å². The summed E-state index contributed by atoms with van der Waals surface area (Å²) < 4.78 is 4.99. The fourth-order valence-corrected chi connectivity index (χ4v) is 29.1. The molecule has 4 heterocycles. The van der Waals surface area contributed by atoms with Crippen LogP contribution in [0.15, 0.2) is 449 Å². The van der Waals surface area contributed by atoms with Crippen LogP contribution in [-0.4, -0.2) is 27.4 Å².